The second-order valence-corrected chi connectivity index (χ2v) is 10.6. The van der Waals surface area contributed by atoms with Gasteiger partial charge in [0, 0.05) is 15.7 Å². The van der Waals surface area contributed by atoms with Crippen molar-refractivity contribution >= 4 is 49.9 Å². The molecule has 6 aromatic rings. The molecule has 0 aliphatic rings. The number of hydrogen-bond donors (Lipinski definition) is 0. The van der Waals surface area contributed by atoms with Crippen molar-refractivity contribution < 1.29 is 23.4 Å². The van der Waals surface area contributed by atoms with Crippen LogP contribution in [-0.2, 0) is 13.2 Å². The van der Waals surface area contributed by atoms with Crippen LogP contribution in [0.15, 0.2) is 77.3 Å². The highest BCUT2D eigenvalue weighted by molar-refractivity contribution is 14.1. The Kier molecular flexibility index (Phi) is 6.81. The van der Waals surface area contributed by atoms with E-state index in [4.69, 9.17) is 23.4 Å². The molecule has 3 aromatic heterocycles. The van der Waals surface area contributed by atoms with Crippen molar-refractivity contribution in [1.82, 2.24) is 14.6 Å². The Balaban J connectivity index is 1.21. The van der Waals surface area contributed by atoms with E-state index in [0.29, 0.717) is 46.9 Å². The summed E-state index contributed by atoms with van der Waals surface area (Å²) in [7, 11) is 3.20. The summed E-state index contributed by atoms with van der Waals surface area (Å²) in [5.74, 6) is 2.69. The number of halogens is 1. The fourth-order valence-electron chi connectivity index (χ4n) is 3.96. The third-order valence-electron chi connectivity index (χ3n) is 5.87. The number of methoxy groups -OCH3 is 2. The van der Waals surface area contributed by atoms with Gasteiger partial charge in [0.25, 0.3) is 5.19 Å². The van der Waals surface area contributed by atoms with Gasteiger partial charge in [0.15, 0.2) is 5.76 Å². The van der Waals surface area contributed by atoms with Crippen LogP contribution < -0.4 is 18.9 Å². The van der Waals surface area contributed by atoms with Crippen molar-refractivity contribution in [2.75, 3.05) is 14.2 Å². The van der Waals surface area contributed by atoms with Crippen LogP contribution >= 0.6 is 33.9 Å². The van der Waals surface area contributed by atoms with Crippen LogP contribution in [0.3, 0.4) is 0 Å². The minimum Gasteiger partial charge on any atom is -0.496 e. The van der Waals surface area contributed by atoms with E-state index in [1.165, 1.54) is 14.9 Å². The maximum atomic E-state index is 6.25. The Hall–Kier alpha value is -3.77. The van der Waals surface area contributed by atoms with Gasteiger partial charge in [0.2, 0.25) is 4.96 Å². The van der Waals surface area contributed by atoms with Gasteiger partial charge in [-0.25, -0.2) is 9.50 Å². The first kappa shape index (κ1) is 24.6. The van der Waals surface area contributed by atoms with Gasteiger partial charge in [-0.3, -0.25) is 0 Å². The number of aromatic nitrogens is 3. The Bertz CT molecular complexity index is 1690. The van der Waals surface area contributed by atoms with Crippen LogP contribution in [0.1, 0.15) is 11.1 Å². The average Bonchev–Trinajstić information content (AvgIpc) is 3.64. The summed E-state index contributed by atoms with van der Waals surface area (Å²) in [5, 5.41) is 5.71. The highest BCUT2D eigenvalue weighted by Gasteiger charge is 2.17. The first-order valence-corrected chi connectivity index (χ1v) is 13.6. The molecule has 0 amide bonds. The molecular formula is C28H22IN3O5S. The van der Waals surface area contributed by atoms with Gasteiger partial charge in [-0.1, -0.05) is 24.3 Å². The molecule has 0 bridgehead atoms. The molecule has 6 rings (SSSR count). The van der Waals surface area contributed by atoms with Crippen molar-refractivity contribution in [2.24, 2.45) is 0 Å². The minimum absolute atomic E-state index is 0.355. The molecule has 0 radical (unpaired) electrons. The minimum atomic E-state index is 0.355. The van der Waals surface area contributed by atoms with E-state index in [0.717, 1.165) is 27.2 Å². The first-order chi connectivity index (χ1) is 18.6. The van der Waals surface area contributed by atoms with Gasteiger partial charge >= 0.3 is 0 Å². The Labute approximate surface area is 235 Å². The fourth-order valence-corrected chi connectivity index (χ4v) is 5.02. The predicted molar refractivity (Wildman–Crippen MR) is 153 cm³/mol. The number of benzene rings is 3. The van der Waals surface area contributed by atoms with Gasteiger partial charge in [-0.05, 0) is 75.4 Å². The first-order valence-electron chi connectivity index (χ1n) is 11.7. The average molecular weight is 639 g/mol. The van der Waals surface area contributed by atoms with Crippen LogP contribution in [0, 0.1) is 3.57 Å². The van der Waals surface area contributed by atoms with Crippen LogP contribution in [-0.4, -0.2) is 28.8 Å². The van der Waals surface area contributed by atoms with Crippen LogP contribution in [0.2, 0.25) is 0 Å². The number of fused-ring (bicyclic) bond motifs is 2. The summed E-state index contributed by atoms with van der Waals surface area (Å²) >= 11 is 3.65. The van der Waals surface area contributed by atoms with Gasteiger partial charge in [0.1, 0.15) is 41.7 Å². The number of nitrogens with zero attached hydrogens (tertiary/aromatic N) is 3. The smallest absolute Gasteiger partial charge is 0.294 e. The van der Waals surface area contributed by atoms with Gasteiger partial charge in [-0.15, -0.1) is 5.10 Å². The van der Waals surface area contributed by atoms with E-state index in [1.54, 1.807) is 18.7 Å². The summed E-state index contributed by atoms with van der Waals surface area (Å²) in [6.07, 6.45) is 1.81. The van der Waals surface area contributed by atoms with E-state index in [-0.39, 0.29) is 0 Å². The Morgan fingerprint density at radius 3 is 2.53 bits per heavy atom. The highest BCUT2D eigenvalue weighted by atomic mass is 127. The Morgan fingerprint density at radius 2 is 1.74 bits per heavy atom. The van der Waals surface area contributed by atoms with E-state index in [1.807, 2.05) is 48.7 Å². The molecule has 0 unspecified atom stereocenters. The van der Waals surface area contributed by atoms with Gasteiger partial charge in [0.05, 0.1) is 25.8 Å². The molecule has 0 atom stereocenters. The van der Waals surface area contributed by atoms with Crippen LogP contribution in [0.4, 0.5) is 0 Å². The molecule has 0 N–H and O–H groups in total. The summed E-state index contributed by atoms with van der Waals surface area (Å²) in [6.45, 7) is 0.858. The highest BCUT2D eigenvalue weighted by Crippen LogP contribution is 2.37. The zero-order valence-corrected chi connectivity index (χ0v) is 23.5. The van der Waals surface area contributed by atoms with E-state index in [2.05, 4.69) is 56.9 Å². The molecule has 0 spiro atoms. The largest absolute Gasteiger partial charge is 0.496 e. The molecule has 3 aromatic carbocycles. The van der Waals surface area contributed by atoms with Crippen LogP contribution in [0.25, 0.3) is 27.4 Å². The third kappa shape index (κ3) is 5.14. The lowest BCUT2D eigenvalue weighted by molar-refractivity contribution is 0.296. The normalized spacial score (nSPS) is 11.2. The molecule has 38 heavy (non-hydrogen) atoms. The van der Waals surface area contributed by atoms with Gasteiger partial charge in [-0.2, -0.15) is 0 Å². The zero-order valence-electron chi connectivity index (χ0n) is 20.5. The Morgan fingerprint density at radius 1 is 0.895 bits per heavy atom. The molecule has 0 saturated carbocycles. The lowest BCUT2D eigenvalue weighted by Gasteiger charge is -2.11. The molecule has 3 heterocycles. The maximum absolute atomic E-state index is 6.25. The summed E-state index contributed by atoms with van der Waals surface area (Å²) in [4.78, 5) is 5.34. The molecule has 192 valence electrons. The standard InChI is InChI=1S/C28H22IN3O5S/c1-33-21-11-24(36-16-18-4-3-5-20(10-18)35-15-17-6-8-19(29)9-7-17)22-13-26(37-25(22)12-21)23-14-32-27(30-23)38-28(31-32)34-2/h3-14H,15-16H2,1-2H3. The number of imidazole rings is 1. The molecule has 0 saturated heterocycles. The number of ether oxygens (including phenoxy) is 4. The predicted octanol–water partition coefficient (Wildman–Crippen LogP) is 6.98. The molecule has 0 aliphatic carbocycles. The second kappa shape index (κ2) is 10.5. The van der Waals surface area contributed by atoms with E-state index < -0.39 is 0 Å². The van der Waals surface area contributed by atoms with Crippen molar-refractivity contribution in [3.05, 3.63) is 87.6 Å². The zero-order chi connectivity index (χ0) is 26.1. The number of hydrogen-bond acceptors (Lipinski definition) is 8. The molecule has 0 aliphatic heterocycles. The monoisotopic (exact) mass is 639 g/mol. The van der Waals surface area contributed by atoms with E-state index >= 15 is 0 Å². The lowest BCUT2D eigenvalue weighted by atomic mass is 10.2. The summed E-state index contributed by atoms with van der Waals surface area (Å²) in [6, 6.07) is 21.8. The van der Waals surface area contributed by atoms with Gasteiger partial charge < -0.3 is 23.4 Å². The molecular weight excluding hydrogens is 617 g/mol. The maximum Gasteiger partial charge on any atom is 0.294 e. The number of rotatable bonds is 9. The SMILES string of the molecule is COc1cc(OCc2cccc(OCc3ccc(I)cc3)c2)c2cc(-c3cn4nc(OC)sc4n3)oc2c1. The second-order valence-electron chi connectivity index (χ2n) is 8.42. The van der Waals surface area contributed by atoms with Crippen molar-refractivity contribution in [1.29, 1.82) is 0 Å². The quantitative estimate of drug-likeness (QED) is 0.158. The molecule has 10 heteroatoms. The summed E-state index contributed by atoms with van der Waals surface area (Å²) < 4.78 is 31.9. The van der Waals surface area contributed by atoms with Crippen molar-refractivity contribution in [3.8, 4) is 33.9 Å². The molecule has 8 nitrogen and oxygen atoms in total. The van der Waals surface area contributed by atoms with E-state index in [9.17, 15) is 0 Å². The van der Waals surface area contributed by atoms with Crippen molar-refractivity contribution in [2.45, 2.75) is 13.2 Å². The fraction of sp³-hybridized carbons (Fsp3) is 0.143. The molecule has 0 fully saturated rings. The summed E-state index contributed by atoms with van der Waals surface area (Å²) in [5.41, 5.74) is 3.42. The lowest BCUT2D eigenvalue weighted by Crippen LogP contribution is -1.99. The van der Waals surface area contributed by atoms with Crippen molar-refractivity contribution in [3.63, 3.8) is 0 Å². The van der Waals surface area contributed by atoms with Crippen LogP contribution in [0.5, 0.6) is 22.4 Å². The third-order valence-corrected chi connectivity index (χ3v) is 7.47. The topological polar surface area (TPSA) is 80.2 Å². The number of furan rings is 1.